The zero-order chi connectivity index (χ0) is 14.5. The number of hydrogen-bond donors (Lipinski definition) is 1. The maximum absolute atomic E-state index is 12.7. The van der Waals surface area contributed by atoms with Crippen molar-refractivity contribution in [2.45, 2.75) is 13.1 Å². The van der Waals surface area contributed by atoms with Gasteiger partial charge in [0, 0.05) is 19.2 Å². The molecule has 0 radical (unpaired) electrons. The van der Waals surface area contributed by atoms with Crippen LogP contribution in [-0.2, 0) is 6.18 Å². The highest BCUT2D eigenvalue weighted by Crippen LogP contribution is 2.30. The molecule has 0 aliphatic heterocycles. The summed E-state index contributed by atoms with van der Waals surface area (Å²) >= 11 is 0. The Labute approximate surface area is 109 Å². The van der Waals surface area contributed by atoms with Gasteiger partial charge in [-0.05, 0) is 21.0 Å². The topological polar surface area (TPSA) is 50.3 Å². The lowest BCUT2D eigenvalue weighted by Gasteiger charge is -2.13. The zero-order valence-electron chi connectivity index (χ0n) is 11.1. The molecule has 0 aliphatic carbocycles. The number of anilines is 1. The molecule has 0 atom stereocenters. The van der Waals surface area contributed by atoms with Gasteiger partial charge in [-0.1, -0.05) is 0 Å². The van der Waals surface area contributed by atoms with Gasteiger partial charge in [0.15, 0.2) is 5.69 Å². The van der Waals surface area contributed by atoms with Gasteiger partial charge in [-0.15, -0.1) is 0 Å². The number of ether oxygens (including phenoxy) is 1. The van der Waals surface area contributed by atoms with Gasteiger partial charge in [-0.2, -0.15) is 18.2 Å². The summed E-state index contributed by atoms with van der Waals surface area (Å²) in [5.41, 5.74) is -1.02. The SMILES string of the molecule is CCNc1nc(OCCN(C)C)cc(C(F)(F)F)n1. The third kappa shape index (κ3) is 5.29. The summed E-state index contributed by atoms with van der Waals surface area (Å²) in [5.74, 6) is -0.169. The van der Waals surface area contributed by atoms with Crippen LogP contribution in [0.2, 0.25) is 0 Å². The second-order valence-electron chi connectivity index (χ2n) is 4.09. The molecule has 0 saturated heterocycles. The summed E-state index contributed by atoms with van der Waals surface area (Å²) in [6.45, 7) is 3.02. The van der Waals surface area contributed by atoms with E-state index >= 15 is 0 Å². The highest BCUT2D eigenvalue weighted by atomic mass is 19.4. The van der Waals surface area contributed by atoms with E-state index in [0.29, 0.717) is 13.1 Å². The van der Waals surface area contributed by atoms with Crippen LogP contribution in [0.3, 0.4) is 0 Å². The van der Waals surface area contributed by atoms with E-state index in [1.165, 1.54) is 0 Å². The van der Waals surface area contributed by atoms with Crippen LogP contribution in [0.5, 0.6) is 5.88 Å². The first-order valence-electron chi connectivity index (χ1n) is 5.80. The Morgan fingerprint density at radius 1 is 1.32 bits per heavy atom. The molecule has 1 aromatic rings. The largest absolute Gasteiger partial charge is 0.476 e. The van der Waals surface area contributed by atoms with E-state index in [0.717, 1.165) is 6.07 Å². The molecule has 8 heteroatoms. The minimum Gasteiger partial charge on any atom is -0.476 e. The fourth-order valence-corrected chi connectivity index (χ4v) is 1.21. The van der Waals surface area contributed by atoms with E-state index in [-0.39, 0.29) is 18.4 Å². The number of rotatable bonds is 6. The van der Waals surface area contributed by atoms with E-state index in [4.69, 9.17) is 4.74 Å². The average Bonchev–Trinajstić information content (AvgIpc) is 2.27. The number of halogens is 3. The summed E-state index contributed by atoms with van der Waals surface area (Å²) in [4.78, 5) is 9.13. The number of alkyl halides is 3. The smallest absolute Gasteiger partial charge is 0.433 e. The van der Waals surface area contributed by atoms with Gasteiger partial charge in [0.25, 0.3) is 0 Å². The molecule has 0 spiro atoms. The number of aromatic nitrogens is 2. The first kappa shape index (κ1) is 15.5. The highest BCUT2D eigenvalue weighted by Gasteiger charge is 2.34. The number of nitrogens with one attached hydrogen (secondary N) is 1. The maximum Gasteiger partial charge on any atom is 0.433 e. The third-order valence-electron chi connectivity index (χ3n) is 2.12. The Morgan fingerprint density at radius 2 is 2.00 bits per heavy atom. The monoisotopic (exact) mass is 278 g/mol. The average molecular weight is 278 g/mol. The van der Waals surface area contributed by atoms with E-state index in [2.05, 4.69) is 15.3 Å². The molecule has 5 nitrogen and oxygen atoms in total. The zero-order valence-corrected chi connectivity index (χ0v) is 11.1. The lowest BCUT2D eigenvalue weighted by molar-refractivity contribution is -0.141. The molecule has 1 aromatic heterocycles. The predicted octanol–water partition coefficient (Wildman–Crippen LogP) is 1.87. The minimum absolute atomic E-state index is 0.0832. The molecule has 0 amide bonds. The Balaban J connectivity index is 2.87. The van der Waals surface area contributed by atoms with Crippen molar-refractivity contribution in [3.05, 3.63) is 11.8 Å². The van der Waals surface area contributed by atoms with Gasteiger partial charge in [0.1, 0.15) is 6.61 Å². The van der Waals surface area contributed by atoms with Crippen LogP contribution in [0.15, 0.2) is 6.07 Å². The summed E-state index contributed by atoms with van der Waals surface area (Å²) < 4.78 is 43.2. The highest BCUT2D eigenvalue weighted by molar-refractivity contribution is 5.31. The van der Waals surface area contributed by atoms with E-state index in [9.17, 15) is 13.2 Å². The Kier molecular flexibility index (Phi) is 5.34. The van der Waals surface area contributed by atoms with Crippen LogP contribution >= 0.6 is 0 Å². The van der Waals surface area contributed by atoms with Gasteiger partial charge in [-0.3, -0.25) is 0 Å². The lowest BCUT2D eigenvalue weighted by atomic mass is 10.4. The molecule has 0 aliphatic rings. The summed E-state index contributed by atoms with van der Waals surface area (Å²) in [6, 6.07) is 0.802. The van der Waals surface area contributed by atoms with Crippen molar-refractivity contribution >= 4 is 5.95 Å². The first-order valence-corrected chi connectivity index (χ1v) is 5.80. The summed E-state index contributed by atoms with van der Waals surface area (Å²) in [5, 5.41) is 2.65. The molecular weight excluding hydrogens is 261 g/mol. The van der Waals surface area contributed by atoms with Gasteiger partial charge in [0.05, 0.1) is 0 Å². The quantitative estimate of drug-likeness (QED) is 0.861. The van der Waals surface area contributed by atoms with E-state index in [1.54, 1.807) is 6.92 Å². The number of nitrogens with zero attached hydrogens (tertiary/aromatic N) is 3. The third-order valence-corrected chi connectivity index (χ3v) is 2.12. The second kappa shape index (κ2) is 6.55. The molecule has 1 N–H and O–H groups in total. The van der Waals surface area contributed by atoms with E-state index < -0.39 is 11.9 Å². The number of likely N-dealkylation sites (N-methyl/N-ethyl adjacent to an activating group) is 1. The van der Waals surface area contributed by atoms with Crippen LogP contribution in [-0.4, -0.2) is 48.7 Å². The normalized spacial score (nSPS) is 11.7. The second-order valence-corrected chi connectivity index (χ2v) is 4.09. The van der Waals surface area contributed by atoms with Crippen LogP contribution in [0, 0.1) is 0 Å². The van der Waals surface area contributed by atoms with Gasteiger partial charge in [-0.25, -0.2) is 4.98 Å². The molecule has 1 heterocycles. The van der Waals surface area contributed by atoms with Crippen molar-refractivity contribution in [1.29, 1.82) is 0 Å². The minimum atomic E-state index is -4.52. The van der Waals surface area contributed by atoms with Gasteiger partial charge in [0.2, 0.25) is 11.8 Å². The van der Waals surface area contributed by atoms with Gasteiger partial charge < -0.3 is 15.0 Å². The fourth-order valence-electron chi connectivity index (χ4n) is 1.21. The van der Waals surface area contributed by atoms with Crippen molar-refractivity contribution in [2.75, 3.05) is 39.1 Å². The molecule has 0 bridgehead atoms. The molecule has 19 heavy (non-hydrogen) atoms. The molecule has 0 fully saturated rings. The standard InChI is InChI=1S/C11H17F3N4O/c1-4-15-10-16-8(11(12,13)14)7-9(17-10)19-6-5-18(2)3/h7H,4-6H2,1-3H3,(H,15,16,17). The van der Waals surface area contributed by atoms with Crippen molar-refractivity contribution in [2.24, 2.45) is 0 Å². The Bertz CT molecular complexity index is 409. The molecular formula is C11H17F3N4O. The molecule has 1 rings (SSSR count). The fraction of sp³-hybridized carbons (Fsp3) is 0.636. The molecule has 0 saturated carbocycles. The predicted molar refractivity (Wildman–Crippen MR) is 65.2 cm³/mol. The molecule has 0 aromatic carbocycles. The lowest BCUT2D eigenvalue weighted by Crippen LogP contribution is -2.20. The van der Waals surface area contributed by atoms with E-state index in [1.807, 2.05) is 19.0 Å². The number of hydrogen-bond acceptors (Lipinski definition) is 5. The van der Waals surface area contributed by atoms with Crippen LogP contribution in [0.25, 0.3) is 0 Å². The first-order chi connectivity index (χ1) is 8.82. The van der Waals surface area contributed by atoms with Crippen molar-refractivity contribution in [3.8, 4) is 5.88 Å². The van der Waals surface area contributed by atoms with Gasteiger partial charge >= 0.3 is 6.18 Å². The van der Waals surface area contributed by atoms with Crippen molar-refractivity contribution < 1.29 is 17.9 Å². The molecule has 108 valence electrons. The Hall–Kier alpha value is -1.57. The van der Waals surface area contributed by atoms with Crippen LogP contribution in [0.4, 0.5) is 19.1 Å². The maximum atomic E-state index is 12.7. The molecule has 0 unspecified atom stereocenters. The van der Waals surface area contributed by atoms with Crippen LogP contribution in [0.1, 0.15) is 12.6 Å². The summed E-state index contributed by atoms with van der Waals surface area (Å²) in [6.07, 6.45) is -4.52. The Morgan fingerprint density at radius 3 is 2.53 bits per heavy atom. The summed E-state index contributed by atoms with van der Waals surface area (Å²) in [7, 11) is 3.68. The van der Waals surface area contributed by atoms with Crippen molar-refractivity contribution in [3.63, 3.8) is 0 Å². The van der Waals surface area contributed by atoms with Crippen molar-refractivity contribution in [1.82, 2.24) is 14.9 Å². The van der Waals surface area contributed by atoms with Crippen LogP contribution < -0.4 is 10.1 Å².